The van der Waals surface area contributed by atoms with Gasteiger partial charge in [0.15, 0.2) is 11.6 Å². The first kappa shape index (κ1) is 12.2. The lowest BCUT2D eigenvalue weighted by atomic mass is 10.2. The van der Waals surface area contributed by atoms with Crippen molar-refractivity contribution in [2.45, 2.75) is 0 Å². The average molecular weight is 207 g/mol. The summed E-state index contributed by atoms with van der Waals surface area (Å²) in [7, 11) is 0. The summed E-state index contributed by atoms with van der Waals surface area (Å²) < 4.78 is 0. The molecule has 9 nitrogen and oxygen atoms in total. The Hall–Kier alpha value is -2.76. The average Bonchev–Trinajstić information content (AvgIpc) is 2.24. The quantitative estimate of drug-likeness (QED) is 0.239. The number of nitrogens with one attached hydrogen (secondary N) is 1. The van der Waals surface area contributed by atoms with E-state index in [1.165, 1.54) is 24.3 Å². The predicted octanol–water partition coefficient (Wildman–Crippen LogP) is 1.28. The lowest BCUT2D eigenvalue weighted by Gasteiger charge is -1.87. The van der Waals surface area contributed by atoms with Gasteiger partial charge in [0.05, 0.1) is 0 Å². The largest absolute Gasteiger partial charge is 0.290 e. The third-order valence-electron chi connectivity index (χ3n) is 1.00. The molecule has 0 radical (unpaired) electrons. The van der Waals surface area contributed by atoms with Crippen LogP contribution >= 0.6 is 0 Å². The second-order valence-corrected chi connectivity index (χ2v) is 1.95. The summed E-state index contributed by atoms with van der Waals surface area (Å²) in [6.45, 7) is 0. The smallest absolute Gasteiger partial charge is 0.178 e. The number of rotatable bonds is 2. The van der Waals surface area contributed by atoms with E-state index in [1.54, 1.807) is 5.53 Å². The lowest BCUT2D eigenvalue weighted by Crippen LogP contribution is -1.97. The van der Waals surface area contributed by atoms with Crippen LogP contribution in [0.1, 0.15) is 0 Å². The van der Waals surface area contributed by atoms with Gasteiger partial charge in [-0.05, 0) is 34.8 Å². The summed E-state index contributed by atoms with van der Waals surface area (Å²) in [4.78, 5) is 25.0. The topological polar surface area (TPSA) is 144 Å². The number of carbonyl (C=O) groups excluding carboxylic acids is 2. The first-order chi connectivity index (χ1) is 7.20. The molecule has 0 amide bonds. The summed E-state index contributed by atoms with van der Waals surface area (Å²) in [5.74, 6) is -0.241. The molecule has 0 spiro atoms. The molecule has 1 aliphatic rings. The third kappa shape index (κ3) is 7.60. The van der Waals surface area contributed by atoms with E-state index in [-0.39, 0.29) is 11.6 Å². The number of allylic oxidation sites excluding steroid dienone is 4. The van der Waals surface area contributed by atoms with Gasteiger partial charge < -0.3 is 0 Å². The fourth-order valence-electron chi connectivity index (χ4n) is 0.500. The summed E-state index contributed by atoms with van der Waals surface area (Å²) in [5.41, 5.74) is 16.7. The van der Waals surface area contributed by atoms with Crippen molar-refractivity contribution < 1.29 is 9.59 Å². The van der Waals surface area contributed by atoms with Crippen molar-refractivity contribution in [3.63, 3.8) is 0 Å². The van der Waals surface area contributed by atoms with E-state index in [0.29, 0.717) is 0 Å². The highest BCUT2D eigenvalue weighted by atomic mass is 16.1. The highest BCUT2D eigenvalue weighted by molar-refractivity contribution is 6.14. The molecule has 15 heavy (non-hydrogen) atoms. The van der Waals surface area contributed by atoms with Gasteiger partial charge in [-0.15, -0.1) is 11.1 Å². The normalized spacial score (nSPS) is 11.7. The van der Waals surface area contributed by atoms with Gasteiger partial charge in [-0.1, -0.05) is 0 Å². The van der Waals surface area contributed by atoms with Crippen LogP contribution in [0, 0.1) is 0 Å². The molecule has 0 aliphatic heterocycles. The van der Waals surface area contributed by atoms with Crippen LogP contribution in [-0.4, -0.2) is 11.6 Å². The summed E-state index contributed by atoms with van der Waals surface area (Å²) in [6.07, 6.45) is 5.01. The van der Waals surface area contributed by atoms with Gasteiger partial charge >= 0.3 is 0 Å². The molecule has 0 fully saturated rings. The zero-order valence-corrected chi connectivity index (χ0v) is 7.31. The van der Waals surface area contributed by atoms with Gasteiger partial charge in [0, 0.05) is 0 Å². The van der Waals surface area contributed by atoms with Gasteiger partial charge in [0.1, 0.15) is 0 Å². The van der Waals surface area contributed by atoms with Crippen LogP contribution in [0.4, 0.5) is 0 Å². The Balaban J connectivity index is 0.000000265. The van der Waals surface area contributed by atoms with Crippen molar-refractivity contribution in [1.29, 1.82) is 0 Å². The highest BCUT2D eigenvalue weighted by Crippen LogP contribution is 1.90. The van der Waals surface area contributed by atoms with Gasteiger partial charge in [-0.3, -0.25) is 9.59 Å². The second kappa shape index (κ2) is 7.87. The molecule has 1 rings (SSSR count). The highest BCUT2D eigenvalue weighted by Gasteiger charge is 1.97. The van der Waals surface area contributed by atoms with Crippen LogP contribution in [0.3, 0.4) is 0 Å². The fourth-order valence-corrected chi connectivity index (χ4v) is 0.500. The second-order valence-electron chi connectivity index (χ2n) is 1.95. The Bertz CT molecular complexity index is 344. The van der Waals surface area contributed by atoms with Crippen molar-refractivity contribution in [2.75, 3.05) is 0 Å². The van der Waals surface area contributed by atoms with Gasteiger partial charge in [0.25, 0.3) is 0 Å². The lowest BCUT2D eigenvalue weighted by molar-refractivity contribution is -0.113. The van der Waals surface area contributed by atoms with E-state index in [1.807, 2.05) is 0 Å². The zero-order valence-electron chi connectivity index (χ0n) is 7.31. The van der Waals surface area contributed by atoms with Crippen LogP contribution in [-0.2, 0) is 9.59 Å². The van der Waals surface area contributed by atoms with E-state index in [2.05, 4.69) is 20.3 Å². The molecule has 1 N–H and O–H groups in total. The molecule has 0 unspecified atom stereocenters. The first-order valence-corrected chi connectivity index (χ1v) is 3.48. The van der Waals surface area contributed by atoms with E-state index < -0.39 is 0 Å². The number of azide groups is 1. The number of hydrogen-bond acceptors (Lipinski definition) is 4. The van der Waals surface area contributed by atoms with Crippen molar-refractivity contribution in [3.05, 3.63) is 45.2 Å². The van der Waals surface area contributed by atoms with Gasteiger partial charge in [-0.25, -0.2) is 0 Å². The van der Waals surface area contributed by atoms with E-state index >= 15 is 0 Å². The Labute approximate surface area is 83.3 Å². The maximum Gasteiger partial charge on any atom is 0.178 e. The van der Waals surface area contributed by atoms with Crippen LogP contribution in [0.2, 0.25) is 0 Å². The van der Waals surface area contributed by atoms with Crippen molar-refractivity contribution in [2.24, 2.45) is 10.4 Å². The maximum atomic E-state index is 10.3. The monoisotopic (exact) mass is 207 g/mol. The minimum absolute atomic E-state index is 0.121. The molecule has 0 saturated carbocycles. The molecule has 0 bridgehead atoms. The fraction of sp³-hybridized carbons (Fsp3) is 0. The Kier molecular flexibility index (Phi) is 6.42. The molecule has 0 heterocycles. The first-order valence-electron chi connectivity index (χ1n) is 3.48. The van der Waals surface area contributed by atoms with Crippen molar-refractivity contribution in [1.82, 2.24) is 5.53 Å². The molecule has 1 aliphatic carbocycles. The Morgan fingerprint density at radius 1 is 0.933 bits per heavy atom. The van der Waals surface area contributed by atoms with Gasteiger partial charge in [0.2, 0.25) is 0 Å². The molecule has 0 aromatic carbocycles. The molecule has 76 valence electrons. The molecule has 9 heteroatoms. The minimum atomic E-state index is -0.121. The molecule has 0 aromatic rings. The minimum Gasteiger partial charge on any atom is -0.290 e. The summed E-state index contributed by atoms with van der Waals surface area (Å²) in [6, 6.07) is 0. The molecule has 0 saturated heterocycles. The molecular weight excluding hydrogens is 202 g/mol. The zero-order chi connectivity index (χ0) is 11.5. The Morgan fingerprint density at radius 3 is 1.53 bits per heavy atom. The van der Waals surface area contributed by atoms with Crippen LogP contribution in [0.5, 0.6) is 0 Å². The number of carbonyl (C=O) groups is 2. The molecule has 0 aromatic heterocycles. The van der Waals surface area contributed by atoms with E-state index in [9.17, 15) is 9.59 Å². The molecular formula is C6H5N7O2. The van der Waals surface area contributed by atoms with Crippen LogP contribution in [0.15, 0.2) is 34.8 Å². The summed E-state index contributed by atoms with van der Waals surface area (Å²) >= 11 is 0. The van der Waals surface area contributed by atoms with Gasteiger partial charge in [-0.2, -0.15) is 15.4 Å². The Morgan fingerprint density at radius 2 is 1.27 bits per heavy atom. The number of nitrogens with zero attached hydrogens (tertiary/aromatic N) is 6. The summed E-state index contributed by atoms with van der Waals surface area (Å²) in [5, 5.41) is 5.34. The molecule has 0 atom stereocenters. The SMILES string of the molecule is O=C1C=CC(=O)C=C1.[N-]=[N+]=NNN=[N+]=[N-]. The van der Waals surface area contributed by atoms with E-state index in [0.717, 1.165) is 0 Å². The van der Waals surface area contributed by atoms with Crippen LogP contribution in [0.25, 0.3) is 20.9 Å². The van der Waals surface area contributed by atoms with Crippen molar-refractivity contribution in [3.8, 4) is 0 Å². The predicted molar refractivity (Wildman–Crippen MR) is 49.7 cm³/mol. The number of hydrogen-bond donors (Lipinski definition) is 1. The van der Waals surface area contributed by atoms with Crippen LogP contribution < -0.4 is 5.53 Å². The van der Waals surface area contributed by atoms with E-state index in [4.69, 9.17) is 11.1 Å². The maximum absolute atomic E-state index is 10.3. The van der Waals surface area contributed by atoms with Crippen molar-refractivity contribution >= 4 is 11.6 Å². The third-order valence-corrected chi connectivity index (χ3v) is 1.00. The number of ketones is 2. The standard InChI is InChI=1S/C6H4O2.HN7/c7-5-1-2-6(8)4-3-5;1-3-5-7-6-4-2/h1-4H;7H.